The van der Waals surface area contributed by atoms with Gasteiger partial charge in [-0.25, -0.2) is 0 Å². The summed E-state index contributed by atoms with van der Waals surface area (Å²) < 4.78 is 11.1. The second-order valence-electron chi connectivity index (χ2n) is 7.44. The molecule has 3 aliphatic heterocycles. The van der Waals surface area contributed by atoms with Gasteiger partial charge in [0.05, 0.1) is 5.56 Å². The number of hydrogen-bond acceptors (Lipinski definition) is 4. The smallest absolute Gasteiger partial charge is 0.255 e. The van der Waals surface area contributed by atoms with Crippen LogP contribution in [-0.4, -0.2) is 24.1 Å². The number of nitrogens with zero attached hydrogens (tertiary/aromatic N) is 1. The molecule has 0 bridgehead atoms. The zero-order valence-corrected chi connectivity index (χ0v) is 16.4. The predicted octanol–water partition coefficient (Wildman–Crippen LogP) is 3.68. The fourth-order valence-electron chi connectivity index (χ4n) is 4.57. The fraction of sp³-hybridized carbons (Fsp3) is 0.174. The lowest BCUT2D eigenvalue weighted by atomic mass is 9.90. The molecule has 6 heteroatoms. The number of benzene rings is 2. The van der Waals surface area contributed by atoms with Gasteiger partial charge in [-0.1, -0.05) is 18.2 Å². The Morgan fingerprint density at radius 1 is 1.10 bits per heavy atom. The zero-order valence-electron chi connectivity index (χ0n) is 15.6. The Morgan fingerprint density at radius 3 is 2.90 bits per heavy atom. The highest BCUT2D eigenvalue weighted by molar-refractivity contribution is 7.08. The first kappa shape index (κ1) is 16.8. The van der Waals surface area contributed by atoms with Crippen LogP contribution < -0.4 is 14.8 Å². The first-order chi connectivity index (χ1) is 14.3. The number of amides is 1. The summed E-state index contributed by atoms with van der Waals surface area (Å²) in [6.07, 6.45) is 0.861. The van der Waals surface area contributed by atoms with Crippen molar-refractivity contribution in [2.24, 2.45) is 0 Å². The molecule has 2 aromatic carbocycles. The van der Waals surface area contributed by atoms with Gasteiger partial charge < -0.3 is 14.4 Å². The quantitative estimate of drug-likeness (QED) is 0.664. The van der Waals surface area contributed by atoms with Gasteiger partial charge in [-0.05, 0) is 41.6 Å². The summed E-state index contributed by atoms with van der Waals surface area (Å²) >= 11 is 1.55. The molecule has 6 rings (SSSR count). The van der Waals surface area contributed by atoms with Crippen LogP contribution in [0.4, 0.5) is 5.69 Å². The summed E-state index contributed by atoms with van der Waals surface area (Å²) in [6.45, 7) is 0.932. The Balaban J connectivity index is 1.48. The number of thiophene rings is 1. The van der Waals surface area contributed by atoms with Crippen molar-refractivity contribution in [3.63, 3.8) is 0 Å². The summed E-state index contributed by atoms with van der Waals surface area (Å²) in [6, 6.07) is 16.3. The molecule has 5 nitrogen and oxygen atoms in total. The van der Waals surface area contributed by atoms with E-state index in [4.69, 9.17) is 9.47 Å². The highest BCUT2D eigenvalue weighted by Crippen LogP contribution is 2.44. The zero-order chi connectivity index (χ0) is 19.4. The van der Waals surface area contributed by atoms with E-state index in [0.717, 1.165) is 29.0 Å². The van der Waals surface area contributed by atoms with E-state index in [1.54, 1.807) is 11.3 Å². The molecule has 0 fully saturated rings. The number of ether oxygens (including phenoxy) is 2. The van der Waals surface area contributed by atoms with Gasteiger partial charge >= 0.3 is 0 Å². The molecule has 1 aromatic heterocycles. The lowest BCUT2D eigenvalue weighted by Crippen LogP contribution is -2.76. The first-order valence-corrected chi connectivity index (χ1v) is 10.6. The molecule has 0 radical (unpaired) electrons. The van der Waals surface area contributed by atoms with Crippen molar-refractivity contribution in [3.05, 3.63) is 81.7 Å². The van der Waals surface area contributed by atoms with Crippen molar-refractivity contribution in [2.45, 2.75) is 12.5 Å². The molecule has 0 aliphatic carbocycles. The van der Waals surface area contributed by atoms with Crippen molar-refractivity contribution in [1.82, 2.24) is 4.90 Å². The minimum Gasteiger partial charge on any atom is -0.454 e. The number of rotatable bonds is 2. The van der Waals surface area contributed by atoms with Gasteiger partial charge in [0.1, 0.15) is 17.4 Å². The minimum atomic E-state index is -0.145. The summed E-state index contributed by atoms with van der Waals surface area (Å²) in [5.41, 5.74) is 6.87. The van der Waals surface area contributed by atoms with Crippen molar-refractivity contribution < 1.29 is 19.6 Å². The van der Waals surface area contributed by atoms with Crippen LogP contribution in [0.2, 0.25) is 0 Å². The summed E-state index contributed by atoms with van der Waals surface area (Å²) in [7, 11) is 0. The molecule has 3 aromatic rings. The molecule has 2 N–H and O–H groups in total. The maximum absolute atomic E-state index is 13.4. The van der Waals surface area contributed by atoms with Crippen LogP contribution in [0.25, 0.3) is 5.57 Å². The van der Waals surface area contributed by atoms with Gasteiger partial charge in [-0.15, -0.1) is 0 Å². The van der Waals surface area contributed by atoms with Gasteiger partial charge in [-0.2, -0.15) is 11.3 Å². The molecule has 29 heavy (non-hydrogen) atoms. The number of hydrogen-bond donors (Lipinski definition) is 1. The monoisotopic (exact) mass is 403 g/mol. The summed E-state index contributed by atoms with van der Waals surface area (Å²) in [4.78, 5) is 15.4. The van der Waals surface area contributed by atoms with Crippen molar-refractivity contribution in [2.75, 3.05) is 13.3 Å². The van der Waals surface area contributed by atoms with Crippen LogP contribution in [-0.2, 0) is 0 Å². The lowest BCUT2D eigenvalue weighted by Gasteiger charge is -2.35. The normalized spacial score (nSPS) is 19.3. The Kier molecular flexibility index (Phi) is 3.76. The second kappa shape index (κ2) is 6.47. The standard InChI is InChI=1S/C23H18N2O3S/c26-23(15-8-10-29-12-15)25-9-7-17-16-3-1-2-4-18(16)24-21(17)22(25)14-5-6-19-20(11-14)28-13-27-19/h1-6,8,10-12,22,24H,7,9,13H2/p+1. The third kappa shape index (κ3) is 2.60. The average molecular weight is 403 g/mol. The molecule has 0 saturated heterocycles. The molecule has 144 valence electrons. The molecule has 0 spiro atoms. The predicted molar refractivity (Wildman–Crippen MR) is 110 cm³/mol. The van der Waals surface area contributed by atoms with Gasteiger partial charge in [0, 0.05) is 29.1 Å². The van der Waals surface area contributed by atoms with Crippen LogP contribution in [0.15, 0.2) is 65.0 Å². The first-order valence-electron chi connectivity index (χ1n) is 9.69. The highest BCUT2D eigenvalue weighted by Gasteiger charge is 2.42. The van der Waals surface area contributed by atoms with E-state index in [-0.39, 0.29) is 18.7 Å². The Bertz CT molecular complexity index is 1150. The number of nitrogens with two attached hydrogens (primary N) is 1. The molecule has 1 atom stereocenters. The number of quaternary nitrogens is 1. The third-order valence-corrected chi connectivity index (χ3v) is 6.58. The molecule has 0 saturated carbocycles. The topological polar surface area (TPSA) is 55.4 Å². The SMILES string of the molecule is O=C(c1ccsc1)N1CCC2=C([NH2+]c3ccccc32)C1c1ccc2c(c1)OCO2. The fourth-order valence-corrected chi connectivity index (χ4v) is 5.20. The molecule has 3 aliphatic rings. The van der Waals surface area contributed by atoms with Gasteiger partial charge in [0.2, 0.25) is 6.79 Å². The van der Waals surface area contributed by atoms with E-state index in [1.165, 1.54) is 22.5 Å². The average Bonchev–Trinajstić information content (AvgIpc) is 3.51. The number of fused-ring (bicyclic) bond motifs is 3. The molecule has 1 amide bonds. The van der Waals surface area contributed by atoms with Crippen LogP contribution >= 0.6 is 11.3 Å². The maximum atomic E-state index is 13.4. The molecular formula is C23H19N2O3S+. The maximum Gasteiger partial charge on any atom is 0.255 e. The van der Waals surface area contributed by atoms with E-state index in [1.807, 2.05) is 33.9 Å². The van der Waals surface area contributed by atoms with Crippen molar-refractivity contribution in [3.8, 4) is 11.5 Å². The van der Waals surface area contributed by atoms with Gasteiger partial charge in [0.15, 0.2) is 11.5 Å². The number of carbonyl (C=O) groups is 1. The van der Waals surface area contributed by atoms with Crippen LogP contribution in [0.1, 0.15) is 33.9 Å². The highest BCUT2D eigenvalue weighted by atomic mass is 32.1. The Hall–Kier alpha value is -3.09. The van der Waals surface area contributed by atoms with Crippen LogP contribution in [0, 0.1) is 0 Å². The second-order valence-corrected chi connectivity index (χ2v) is 8.22. The summed E-state index contributed by atoms with van der Waals surface area (Å²) in [5.74, 6) is 1.58. The third-order valence-electron chi connectivity index (χ3n) is 5.90. The van der Waals surface area contributed by atoms with E-state index in [9.17, 15) is 4.79 Å². The molecule has 4 heterocycles. The number of para-hydroxylation sites is 1. The largest absolute Gasteiger partial charge is 0.454 e. The van der Waals surface area contributed by atoms with E-state index >= 15 is 0 Å². The molecule has 1 unspecified atom stereocenters. The van der Waals surface area contributed by atoms with Crippen LogP contribution in [0.5, 0.6) is 11.5 Å². The minimum absolute atomic E-state index is 0.0739. The lowest BCUT2D eigenvalue weighted by molar-refractivity contribution is -0.520. The van der Waals surface area contributed by atoms with E-state index in [0.29, 0.717) is 6.54 Å². The molecular weight excluding hydrogens is 384 g/mol. The Labute approximate surface area is 172 Å². The number of carbonyl (C=O) groups excluding carboxylic acids is 1. The van der Waals surface area contributed by atoms with Gasteiger partial charge in [0.25, 0.3) is 5.91 Å². The summed E-state index contributed by atoms with van der Waals surface area (Å²) in [5, 5.41) is 6.12. The van der Waals surface area contributed by atoms with Crippen molar-refractivity contribution in [1.29, 1.82) is 0 Å². The van der Waals surface area contributed by atoms with E-state index in [2.05, 4.69) is 35.6 Å². The van der Waals surface area contributed by atoms with Crippen molar-refractivity contribution >= 4 is 28.5 Å². The van der Waals surface area contributed by atoms with E-state index < -0.39 is 0 Å². The van der Waals surface area contributed by atoms with Gasteiger partial charge in [-0.3, -0.25) is 10.1 Å². The van der Waals surface area contributed by atoms with Crippen LogP contribution in [0.3, 0.4) is 0 Å². The Morgan fingerprint density at radius 2 is 2.00 bits per heavy atom.